The minimum absolute atomic E-state index is 0.0403. The number of pyridine rings is 1. The number of benzene rings is 1. The number of aromatic nitrogens is 4. The van der Waals surface area contributed by atoms with E-state index in [9.17, 15) is 13.6 Å². The largest absolute Gasteiger partial charge is 0.471 e. The SMILES string of the molecule is NC(=O)Cn1ccc2c(-c3noc(-c4cnc(OCC(F)F)c(Cl)c4)n3)cccc21. The normalized spacial score (nSPS) is 11.3. The van der Waals surface area contributed by atoms with E-state index in [2.05, 4.69) is 15.1 Å². The Labute approximate surface area is 173 Å². The predicted molar refractivity (Wildman–Crippen MR) is 104 cm³/mol. The van der Waals surface area contributed by atoms with Crippen molar-refractivity contribution in [2.45, 2.75) is 13.0 Å². The van der Waals surface area contributed by atoms with Crippen LogP contribution in [0.25, 0.3) is 33.7 Å². The molecule has 0 radical (unpaired) electrons. The number of rotatable bonds is 7. The van der Waals surface area contributed by atoms with Gasteiger partial charge < -0.3 is 19.6 Å². The van der Waals surface area contributed by atoms with Gasteiger partial charge in [0, 0.05) is 28.9 Å². The maximum absolute atomic E-state index is 12.3. The third kappa shape index (κ3) is 3.94. The number of nitrogens with zero attached hydrogens (tertiary/aromatic N) is 4. The summed E-state index contributed by atoms with van der Waals surface area (Å²) in [5.41, 5.74) is 7.18. The van der Waals surface area contributed by atoms with Crippen molar-refractivity contribution in [3.63, 3.8) is 0 Å². The van der Waals surface area contributed by atoms with E-state index in [1.54, 1.807) is 16.8 Å². The number of ether oxygens (including phenoxy) is 1. The molecular formula is C19H14ClF2N5O3. The van der Waals surface area contributed by atoms with Gasteiger partial charge in [0.1, 0.15) is 11.6 Å². The van der Waals surface area contributed by atoms with Crippen molar-refractivity contribution in [1.29, 1.82) is 0 Å². The first-order valence-corrected chi connectivity index (χ1v) is 9.07. The lowest BCUT2D eigenvalue weighted by Gasteiger charge is -2.06. The van der Waals surface area contributed by atoms with Gasteiger partial charge in [0.05, 0.1) is 5.56 Å². The van der Waals surface area contributed by atoms with Gasteiger partial charge in [-0.25, -0.2) is 13.8 Å². The van der Waals surface area contributed by atoms with E-state index in [0.717, 1.165) is 10.9 Å². The first kappa shape index (κ1) is 19.8. The molecule has 0 atom stereocenters. The van der Waals surface area contributed by atoms with Crippen molar-refractivity contribution in [1.82, 2.24) is 19.7 Å². The number of hydrogen-bond acceptors (Lipinski definition) is 6. The first-order chi connectivity index (χ1) is 14.4. The van der Waals surface area contributed by atoms with Gasteiger partial charge in [0.25, 0.3) is 12.3 Å². The Morgan fingerprint density at radius 2 is 2.17 bits per heavy atom. The molecule has 4 rings (SSSR count). The summed E-state index contributed by atoms with van der Waals surface area (Å²) in [7, 11) is 0. The Bertz CT molecular complexity index is 1220. The summed E-state index contributed by atoms with van der Waals surface area (Å²) in [6.45, 7) is -0.759. The number of halogens is 3. The molecule has 30 heavy (non-hydrogen) atoms. The Morgan fingerprint density at radius 3 is 2.90 bits per heavy atom. The molecule has 0 aliphatic rings. The Balaban J connectivity index is 1.64. The summed E-state index contributed by atoms with van der Waals surface area (Å²) < 4.78 is 36.5. The van der Waals surface area contributed by atoms with Crippen LogP contribution in [0.5, 0.6) is 5.88 Å². The van der Waals surface area contributed by atoms with Gasteiger partial charge in [-0.2, -0.15) is 4.98 Å². The van der Waals surface area contributed by atoms with Crippen molar-refractivity contribution < 1.29 is 22.8 Å². The molecular weight excluding hydrogens is 420 g/mol. The number of amides is 1. The number of carbonyl (C=O) groups is 1. The van der Waals surface area contributed by atoms with E-state index in [0.29, 0.717) is 17.0 Å². The van der Waals surface area contributed by atoms with Crippen molar-refractivity contribution in [3.8, 4) is 28.7 Å². The van der Waals surface area contributed by atoms with Gasteiger partial charge in [-0.05, 0) is 18.2 Å². The monoisotopic (exact) mass is 433 g/mol. The molecule has 1 amide bonds. The van der Waals surface area contributed by atoms with Gasteiger partial charge in [-0.15, -0.1) is 0 Å². The average Bonchev–Trinajstić information content (AvgIpc) is 3.34. The van der Waals surface area contributed by atoms with Gasteiger partial charge in [0.2, 0.25) is 17.6 Å². The zero-order valence-corrected chi connectivity index (χ0v) is 16.0. The van der Waals surface area contributed by atoms with Crippen LogP contribution in [0, 0.1) is 0 Å². The molecule has 11 heteroatoms. The quantitative estimate of drug-likeness (QED) is 0.477. The molecule has 1 aromatic carbocycles. The predicted octanol–water partition coefficient (Wildman–Crippen LogP) is 3.54. The zero-order valence-electron chi connectivity index (χ0n) is 15.3. The van der Waals surface area contributed by atoms with Gasteiger partial charge in [0.15, 0.2) is 6.61 Å². The maximum Gasteiger partial charge on any atom is 0.272 e. The molecule has 0 aliphatic carbocycles. The Kier molecular flexibility index (Phi) is 5.32. The highest BCUT2D eigenvalue weighted by molar-refractivity contribution is 6.32. The number of alkyl halides is 2. The minimum Gasteiger partial charge on any atom is -0.471 e. The van der Waals surface area contributed by atoms with Crippen molar-refractivity contribution in [2.24, 2.45) is 5.73 Å². The summed E-state index contributed by atoms with van der Waals surface area (Å²) in [6.07, 6.45) is 0.455. The minimum atomic E-state index is -2.64. The van der Waals surface area contributed by atoms with E-state index in [4.69, 9.17) is 26.6 Å². The lowest BCUT2D eigenvalue weighted by atomic mass is 10.1. The number of carbonyl (C=O) groups excluding carboxylic acids is 1. The summed E-state index contributed by atoms with van der Waals surface area (Å²) in [5.74, 6) is -0.0962. The molecule has 0 spiro atoms. The summed E-state index contributed by atoms with van der Waals surface area (Å²) in [4.78, 5) is 19.6. The van der Waals surface area contributed by atoms with Crippen LogP contribution in [-0.4, -0.2) is 38.6 Å². The zero-order chi connectivity index (χ0) is 21.3. The van der Waals surface area contributed by atoms with Gasteiger partial charge >= 0.3 is 0 Å². The Morgan fingerprint density at radius 1 is 1.33 bits per heavy atom. The highest BCUT2D eigenvalue weighted by Gasteiger charge is 2.17. The molecule has 0 saturated carbocycles. The molecule has 0 bridgehead atoms. The molecule has 0 saturated heterocycles. The van der Waals surface area contributed by atoms with Gasteiger partial charge in [-0.1, -0.05) is 28.9 Å². The molecule has 2 N–H and O–H groups in total. The van der Waals surface area contributed by atoms with Crippen molar-refractivity contribution >= 4 is 28.4 Å². The van der Waals surface area contributed by atoms with E-state index in [1.807, 2.05) is 18.2 Å². The molecule has 3 aromatic heterocycles. The topological polar surface area (TPSA) is 109 Å². The first-order valence-electron chi connectivity index (χ1n) is 8.69. The van der Waals surface area contributed by atoms with Crippen LogP contribution in [0.3, 0.4) is 0 Å². The number of hydrogen-bond donors (Lipinski definition) is 1. The van der Waals surface area contributed by atoms with Crippen LogP contribution in [0.15, 0.2) is 47.2 Å². The molecule has 3 heterocycles. The third-order valence-electron chi connectivity index (χ3n) is 4.21. The molecule has 8 nitrogen and oxygen atoms in total. The fourth-order valence-electron chi connectivity index (χ4n) is 2.96. The van der Waals surface area contributed by atoms with Crippen molar-refractivity contribution in [2.75, 3.05) is 6.61 Å². The van der Waals surface area contributed by atoms with Crippen LogP contribution in [0.4, 0.5) is 8.78 Å². The summed E-state index contributed by atoms with van der Waals surface area (Å²) in [6, 6.07) is 8.75. The average molecular weight is 434 g/mol. The standard InChI is InChI=1S/C19H14ClF2N5O3/c20-13-6-10(7-24-19(13)29-9-15(21)22)18-25-17(26-30-18)12-2-1-3-14-11(12)4-5-27(14)8-16(23)28/h1-7,15H,8-9H2,(H2,23,28). The second-order valence-electron chi connectivity index (χ2n) is 6.28. The smallest absolute Gasteiger partial charge is 0.272 e. The van der Waals surface area contributed by atoms with Crippen LogP contribution in [-0.2, 0) is 11.3 Å². The van der Waals surface area contributed by atoms with E-state index >= 15 is 0 Å². The van der Waals surface area contributed by atoms with E-state index < -0.39 is 18.9 Å². The van der Waals surface area contributed by atoms with Crippen LogP contribution in [0.1, 0.15) is 0 Å². The molecule has 154 valence electrons. The molecule has 4 aromatic rings. The highest BCUT2D eigenvalue weighted by Crippen LogP contribution is 2.31. The van der Waals surface area contributed by atoms with Gasteiger partial charge in [-0.3, -0.25) is 4.79 Å². The lowest BCUT2D eigenvalue weighted by molar-refractivity contribution is -0.118. The van der Waals surface area contributed by atoms with E-state index in [1.165, 1.54) is 12.3 Å². The maximum atomic E-state index is 12.3. The summed E-state index contributed by atoms with van der Waals surface area (Å²) >= 11 is 6.05. The fraction of sp³-hybridized carbons (Fsp3) is 0.158. The third-order valence-corrected chi connectivity index (χ3v) is 4.48. The molecule has 0 aliphatic heterocycles. The van der Waals surface area contributed by atoms with Crippen LogP contribution in [0.2, 0.25) is 5.02 Å². The second kappa shape index (κ2) is 8.07. The Hall–Kier alpha value is -3.53. The van der Waals surface area contributed by atoms with E-state index in [-0.39, 0.29) is 23.3 Å². The highest BCUT2D eigenvalue weighted by atomic mass is 35.5. The lowest BCUT2D eigenvalue weighted by Crippen LogP contribution is -2.17. The van der Waals surface area contributed by atoms with Crippen LogP contribution < -0.4 is 10.5 Å². The van der Waals surface area contributed by atoms with Crippen LogP contribution >= 0.6 is 11.6 Å². The summed E-state index contributed by atoms with van der Waals surface area (Å²) in [5, 5.41) is 4.86. The number of nitrogens with two attached hydrogens (primary N) is 1. The second-order valence-corrected chi connectivity index (χ2v) is 6.69. The number of primary amides is 1. The molecule has 0 fully saturated rings. The fourth-order valence-corrected chi connectivity index (χ4v) is 3.19. The van der Waals surface area contributed by atoms with Crippen molar-refractivity contribution in [3.05, 3.63) is 47.7 Å². The molecule has 0 unspecified atom stereocenters. The number of fused-ring (bicyclic) bond motifs is 1.